The number of benzene rings is 1. The highest BCUT2D eigenvalue weighted by Gasteiger charge is 2.13. The Balaban J connectivity index is 1.83. The third kappa shape index (κ3) is 3.68. The van der Waals surface area contributed by atoms with E-state index in [1.165, 1.54) is 0 Å². The van der Waals surface area contributed by atoms with Gasteiger partial charge < -0.3 is 20.4 Å². The van der Waals surface area contributed by atoms with Crippen LogP contribution in [0.25, 0.3) is 0 Å². The van der Waals surface area contributed by atoms with Crippen LogP contribution in [0.4, 0.5) is 5.69 Å². The molecule has 3 N–H and O–H groups in total. The number of ether oxygens (including phenoxy) is 1. The Bertz CT molecular complexity index is 598. The van der Waals surface area contributed by atoms with Crippen LogP contribution in [0, 0.1) is 0 Å². The number of hydrogen-bond acceptors (Lipinski definition) is 3. The van der Waals surface area contributed by atoms with Gasteiger partial charge in [-0.3, -0.25) is 4.79 Å². The van der Waals surface area contributed by atoms with Crippen LogP contribution in [0.2, 0.25) is 5.02 Å². The number of halogens is 1. The van der Waals surface area contributed by atoms with Crippen LogP contribution in [0.1, 0.15) is 10.5 Å². The van der Waals surface area contributed by atoms with Crippen LogP contribution in [0.3, 0.4) is 0 Å². The first-order valence-corrected chi connectivity index (χ1v) is 6.52. The van der Waals surface area contributed by atoms with Gasteiger partial charge in [-0.05, 0) is 24.3 Å². The Kier molecular flexibility index (Phi) is 4.53. The monoisotopic (exact) mass is 293 g/mol. The molecule has 0 atom stereocenters. The van der Waals surface area contributed by atoms with Gasteiger partial charge in [0.25, 0.3) is 5.91 Å². The van der Waals surface area contributed by atoms with Gasteiger partial charge in [0.15, 0.2) is 0 Å². The number of nitrogens with two attached hydrogens (primary N) is 1. The molecule has 2 aromatic rings. The fourth-order valence-corrected chi connectivity index (χ4v) is 1.88. The lowest BCUT2D eigenvalue weighted by Gasteiger charge is -2.16. The number of H-pyrrole nitrogens is 1. The largest absolute Gasteiger partial charge is 0.492 e. The Hall–Kier alpha value is -2.14. The summed E-state index contributed by atoms with van der Waals surface area (Å²) < 4.78 is 5.54. The van der Waals surface area contributed by atoms with E-state index in [1.807, 2.05) is 12.1 Å². The molecule has 1 heterocycles. The van der Waals surface area contributed by atoms with E-state index in [2.05, 4.69) is 4.98 Å². The summed E-state index contributed by atoms with van der Waals surface area (Å²) in [6.45, 7) is 0.850. The standard InChI is InChI=1S/C14H16ClN3O2/c1-18(14(19)13-8-11(16)9-17-13)5-6-20-12-4-2-3-10(15)7-12/h2-4,7-9,17H,5-6,16H2,1H3. The highest BCUT2D eigenvalue weighted by atomic mass is 35.5. The van der Waals surface area contributed by atoms with Crippen molar-refractivity contribution >= 4 is 23.2 Å². The Labute approximate surface area is 122 Å². The molecule has 6 heteroatoms. The molecule has 1 aromatic carbocycles. The highest BCUT2D eigenvalue weighted by molar-refractivity contribution is 6.30. The van der Waals surface area contributed by atoms with Crippen molar-refractivity contribution in [3.63, 3.8) is 0 Å². The van der Waals surface area contributed by atoms with Crippen molar-refractivity contribution in [2.24, 2.45) is 0 Å². The van der Waals surface area contributed by atoms with E-state index in [1.54, 1.807) is 36.3 Å². The van der Waals surface area contributed by atoms with Crippen LogP contribution in [0.5, 0.6) is 5.75 Å². The minimum atomic E-state index is -0.128. The first-order chi connectivity index (χ1) is 9.56. The van der Waals surface area contributed by atoms with Crippen molar-refractivity contribution < 1.29 is 9.53 Å². The number of aromatic amines is 1. The van der Waals surface area contributed by atoms with E-state index < -0.39 is 0 Å². The minimum Gasteiger partial charge on any atom is -0.492 e. The molecule has 2 rings (SSSR count). The van der Waals surface area contributed by atoms with Crippen molar-refractivity contribution in [2.45, 2.75) is 0 Å². The van der Waals surface area contributed by atoms with Gasteiger partial charge in [-0.25, -0.2) is 0 Å². The van der Waals surface area contributed by atoms with E-state index in [4.69, 9.17) is 22.1 Å². The lowest BCUT2D eigenvalue weighted by atomic mass is 10.3. The average molecular weight is 294 g/mol. The zero-order valence-corrected chi connectivity index (χ0v) is 11.9. The summed E-state index contributed by atoms with van der Waals surface area (Å²) >= 11 is 5.86. The van der Waals surface area contributed by atoms with Crippen molar-refractivity contribution in [1.82, 2.24) is 9.88 Å². The molecule has 0 aliphatic heterocycles. The number of likely N-dealkylation sites (N-methyl/N-ethyl adjacent to an activating group) is 1. The van der Waals surface area contributed by atoms with E-state index in [-0.39, 0.29) is 5.91 Å². The van der Waals surface area contributed by atoms with E-state index in [9.17, 15) is 4.79 Å². The quantitative estimate of drug-likeness (QED) is 0.889. The predicted octanol–water partition coefficient (Wildman–Crippen LogP) is 2.40. The molecule has 0 aliphatic rings. The number of amides is 1. The van der Waals surface area contributed by atoms with Crippen LogP contribution in [-0.4, -0.2) is 36.0 Å². The highest BCUT2D eigenvalue weighted by Crippen LogP contribution is 2.17. The van der Waals surface area contributed by atoms with Crippen molar-refractivity contribution in [3.05, 3.63) is 47.2 Å². The second-order valence-electron chi connectivity index (χ2n) is 4.38. The van der Waals surface area contributed by atoms with Gasteiger partial charge in [-0.2, -0.15) is 0 Å². The minimum absolute atomic E-state index is 0.128. The number of carbonyl (C=O) groups is 1. The third-order valence-corrected chi connectivity index (χ3v) is 3.01. The number of carbonyl (C=O) groups excluding carboxylic acids is 1. The predicted molar refractivity (Wildman–Crippen MR) is 79.1 cm³/mol. The fraction of sp³-hybridized carbons (Fsp3) is 0.214. The molecule has 1 aromatic heterocycles. The molecule has 0 aliphatic carbocycles. The smallest absolute Gasteiger partial charge is 0.270 e. The number of anilines is 1. The van der Waals surface area contributed by atoms with E-state index in [0.717, 1.165) is 0 Å². The molecule has 0 radical (unpaired) electrons. The summed E-state index contributed by atoms with van der Waals surface area (Å²) in [4.78, 5) is 16.4. The third-order valence-electron chi connectivity index (χ3n) is 2.77. The van der Waals surface area contributed by atoms with Gasteiger partial charge >= 0.3 is 0 Å². The zero-order valence-electron chi connectivity index (χ0n) is 11.1. The van der Waals surface area contributed by atoms with Crippen LogP contribution in [0.15, 0.2) is 36.5 Å². The number of nitrogens with one attached hydrogen (secondary N) is 1. The molecule has 0 fully saturated rings. The van der Waals surface area contributed by atoms with Gasteiger partial charge in [0, 0.05) is 24.0 Å². The summed E-state index contributed by atoms with van der Waals surface area (Å²) in [5.74, 6) is 0.555. The summed E-state index contributed by atoms with van der Waals surface area (Å²) in [7, 11) is 1.71. The average Bonchev–Trinajstić information content (AvgIpc) is 2.84. The molecule has 0 spiro atoms. The molecule has 0 bridgehead atoms. The summed E-state index contributed by atoms with van der Waals surface area (Å²) in [6.07, 6.45) is 1.59. The van der Waals surface area contributed by atoms with Crippen LogP contribution >= 0.6 is 11.6 Å². The van der Waals surface area contributed by atoms with Crippen molar-refractivity contribution in [3.8, 4) is 5.75 Å². The second kappa shape index (κ2) is 6.34. The van der Waals surface area contributed by atoms with E-state index in [0.29, 0.717) is 35.3 Å². The number of nitrogen functional groups attached to an aromatic ring is 1. The molecular weight excluding hydrogens is 278 g/mol. The van der Waals surface area contributed by atoms with Crippen LogP contribution < -0.4 is 10.5 Å². The first-order valence-electron chi connectivity index (χ1n) is 6.14. The molecule has 0 saturated carbocycles. The summed E-state index contributed by atoms with van der Waals surface area (Å²) in [5.41, 5.74) is 6.57. The van der Waals surface area contributed by atoms with Crippen LogP contribution in [-0.2, 0) is 0 Å². The van der Waals surface area contributed by atoms with Crippen molar-refractivity contribution in [1.29, 1.82) is 0 Å². The van der Waals surface area contributed by atoms with E-state index >= 15 is 0 Å². The maximum atomic E-state index is 12.0. The van der Waals surface area contributed by atoms with Crippen molar-refractivity contribution in [2.75, 3.05) is 25.9 Å². The van der Waals surface area contributed by atoms with Gasteiger partial charge in [0.1, 0.15) is 18.1 Å². The molecular formula is C14H16ClN3O2. The molecule has 1 amide bonds. The molecule has 5 nitrogen and oxygen atoms in total. The van der Waals surface area contributed by atoms with Gasteiger partial charge in [-0.15, -0.1) is 0 Å². The fourth-order valence-electron chi connectivity index (χ4n) is 1.70. The van der Waals surface area contributed by atoms with Gasteiger partial charge in [-0.1, -0.05) is 17.7 Å². The number of nitrogens with zero attached hydrogens (tertiary/aromatic N) is 1. The second-order valence-corrected chi connectivity index (χ2v) is 4.82. The maximum absolute atomic E-state index is 12.0. The Morgan fingerprint density at radius 1 is 1.45 bits per heavy atom. The molecule has 0 saturated heterocycles. The molecule has 20 heavy (non-hydrogen) atoms. The van der Waals surface area contributed by atoms with Gasteiger partial charge in [0.05, 0.1) is 6.54 Å². The SMILES string of the molecule is CN(CCOc1cccc(Cl)c1)C(=O)c1cc(N)c[nH]1. The summed E-state index contributed by atoms with van der Waals surface area (Å²) in [6, 6.07) is 8.75. The molecule has 0 unspecified atom stereocenters. The zero-order chi connectivity index (χ0) is 14.5. The number of hydrogen-bond donors (Lipinski definition) is 2. The lowest BCUT2D eigenvalue weighted by molar-refractivity contribution is 0.0768. The lowest BCUT2D eigenvalue weighted by Crippen LogP contribution is -2.31. The molecule has 106 valence electrons. The number of rotatable bonds is 5. The Morgan fingerprint density at radius 2 is 2.25 bits per heavy atom. The maximum Gasteiger partial charge on any atom is 0.270 e. The number of aromatic nitrogens is 1. The Morgan fingerprint density at radius 3 is 2.90 bits per heavy atom. The summed E-state index contributed by atoms with van der Waals surface area (Å²) in [5, 5.41) is 0.619. The van der Waals surface area contributed by atoms with Gasteiger partial charge in [0.2, 0.25) is 0 Å². The normalized spacial score (nSPS) is 10.3. The first kappa shape index (κ1) is 14.3. The topological polar surface area (TPSA) is 71.3 Å².